The molecule has 106 valence electrons. The number of aromatic amines is 1. The van der Waals surface area contributed by atoms with Gasteiger partial charge in [-0.1, -0.05) is 12.1 Å². The molecule has 1 heterocycles. The first kappa shape index (κ1) is 14.3. The lowest BCUT2D eigenvalue weighted by Gasteiger charge is -2.17. The van der Waals surface area contributed by atoms with Gasteiger partial charge in [0.25, 0.3) is 5.56 Å². The van der Waals surface area contributed by atoms with Crippen LogP contribution in [0.3, 0.4) is 0 Å². The second kappa shape index (κ2) is 5.88. The summed E-state index contributed by atoms with van der Waals surface area (Å²) in [5, 5.41) is 12.3. The Kier molecular flexibility index (Phi) is 4.20. The lowest BCUT2D eigenvalue weighted by Crippen LogP contribution is -2.23. The van der Waals surface area contributed by atoms with Crippen LogP contribution in [0.2, 0.25) is 0 Å². The van der Waals surface area contributed by atoms with Crippen LogP contribution in [0.1, 0.15) is 35.6 Å². The standard InChI is InChI=1S/C15H19N3O2/c1-9-14(15(20)18-11(3)16-9)10(2)17-13-6-4-12(8-19)5-7-13/h4-7,10,17,19H,8H2,1-3H3,(H,16,18,20). The number of rotatable bonds is 4. The van der Waals surface area contributed by atoms with Crippen LogP contribution in [0.15, 0.2) is 29.1 Å². The molecule has 0 aliphatic rings. The number of aliphatic hydroxyl groups excluding tert-OH is 1. The van der Waals surface area contributed by atoms with E-state index in [9.17, 15) is 4.79 Å². The van der Waals surface area contributed by atoms with E-state index in [1.165, 1.54) is 0 Å². The predicted molar refractivity (Wildman–Crippen MR) is 78.7 cm³/mol. The highest BCUT2D eigenvalue weighted by Gasteiger charge is 2.14. The number of H-pyrrole nitrogens is 1. The smallest absolute Gasteiger partial charge is 0.256 e. The van der Waals surface area contributed by atoms with Gasteiger partial charge in [-0.15, -0.1) is 0 Å². The third-order valence-electron chi connectivity index (χ3n) is 3.22. The van der Waals surface area contributed by atoms with Gasteiger partial charge < -0.3 is 15.4 Å². The van der Waals surface area contributed by atoms with Crippen molar-refractivity contribution in [3.63, 3.8) is 0 Å². The van der Waals surface area contributed by atoms with E-state index in [1.54, 1.807) is 6.92 Å². The van der Waals surface area contributed by atoms with E-state index in [4.69, 9.17) is 5.11 Å². The van der Waals surface area contributed by atoms with Crippen molar-refractivity contribution >= 4 is 5.69 Å². The van der Waals surface area contributed by atoms with E-state index in [-0.39, 0.29) is 18.2 Å². The Labute approximate surface area is 117 Å². The molecular formula is C15H19N3O2. The summed E-state index contributed by atoms with van der Waals surface area (Å²) in [6.07, 6.45) is 0. The maximum Gasteiger partial charge on any atom is 0.256 e. The summed E-state index contributed by atoms with van der Waals surface area (Å²) in [7, 11) is 0. The molecule has 0 saturated carbocycles. The molecular weight excluding hydrogens is 254 g/mol. The molecule has 0 bridgehead atoms. The van der Waals surface area contributed by atoms with Gasteiger partial charge in [-0.2, -0.15) is 0 Å². The van der Waals surface area contributed by atoms with Crippen molar-refractivity contribution in [1.29, 1.82) is 0 Å². The van der Waals surface area contributed by atoms with Gasteiger partial charge in [0.1, 0.15) is 5.82 Å². The molecule has 1 aromatic carbocycles. The third kappa shape index (κ3) is 3.05. The third-order valence-corrected chi connectivity index (χ3v) is 3.22. The lowest BCUT2D eigenvalue weighted by molar-refractivity contribution is 0.282. The molecule has 0 aliphatic carbocycles. The average molecular weight is 273 g/mol. The lowest BCUT2D eigenvalue weighted by atomic mass is 10.1. The minimum Gasteiger partial charge on any atom is -0.392 e. The van der Waals surface area contributed by atoms with Gasteiger partial charge in [0.05, 0.1) is 23.9 Å². The zero-order chi connectivity index (χ0) is 14.7. The number of nitrogens with zero attached hydrogens (tertiary/aromatic N) is 1. The van der Waals surface area contributed by atoms with E-state index < -0.39 is 0 Å². The van der Waals surface area contributed by atoms with Crippen molar-refractivity contribution in [1.82, 2.24) is 9.97 Å². The molecule has 2 aromatic rings. The van der Waals surface area contributed by atoms with Crippen LogP contribution in [-0.4, -0.2) is 15.1 Å². The minimum absolute atomic E-state index is 0.0243. The second-order valence-corrected chi connectivity index (χ2v) is 4.87. The summed E-state index contributed by atoms with van der Waals surface area (Å²) < 4.78 is 0. The van der Waals surface area contributed by atoms with Crippen molar-refractivity contribution in [2.75, 3.05) is 5.32 Å². The Balaban J connectivity index is 2.23. The summed E-state index contributed by atoms with van der Waals surface area (Å²) in [6.45, 7) is 5.56. The van der Waals surface area contributed by atoms with Crippen LogP contribution in [-0.2, 0) is 6.61 Å². The highest BCUT2D eigenvalue weighted by molar-refractivity contribution is 5.46. The molecule has 0 radical (unpaired) electrons. The van der Waals surface area contributed by atoms with Crippen LogP contribution in [0, 0.1) is 13.8 Å². The van der Waals surface area contributed by atoms with Crippen molar-refractivity contribution in [2.45, 2.75) is 33.4 Å². The molecule has 0 amide bonds. The zero-order valence-corrected chi connectivity index (χ0v) is 11.9. The Morgan fingerprint density at radius 3 is 2.50 bits per heavy atom. The molecule has 0 fully saturated rings. The molecule has 2 rings (SSSR count). The minimum atomic E-state index is -0.146. The largest absolute Gasteiger partial charge is 0.392 e. The fourth-order valence-electron chi connectivity index (χ4n) is 2.27. The second-order valence-electron chi connectivity index (χ2n) is 4.87. The Hall–Kier alpha value is -2.14. The first-order valence-corrected chi connectivity index (χ1v) is 6.55. The molecule has 5 nitrogen and oxygen atoms in total. The summed E-state index contributed by atoms with van der Waals surface area (Å²) >= 11 is 0. The molecule has 5 heteroatoms. The number of aromatic nitrogens is 2. The molecule has 0 spiro atoms. The van der Waals surface area contributed by atoms with E-state index in [1.807, 2.05) is 38.1 Å². The quantitative estimate of drug-likeness (QED) is 0.796. The van der Waals surface area contributed by atoms with Gasteiger partial charge >= 0.3 is 0 Å². The number of anilines is 1. The SMILES string of the molecule is Cc1nc(C)c(C(C)Nc2ccc(CO)cc2)c(=O)[nH]1. The van der Waals surface area contributed by atoms with Crippen LogP contribution < -0.4 is 10.9 Å². The van der Waals surface area contributed by atoms with E-state index in [2.05, 4.69) is 15.3 Å². The van der Waals surface area contributed by atoms with Crippen molar-refractivity contribution < 1.29 is 5.11 Å². The molecule has 1 aromatic heterocycles. The normalized spacial score (nSPS) is 12.2. The van der Waals surface area contributed by atoms with Gasteiger partial charge in [0.2, 0.25) is 0 Å². The Morgan fingerprint density at radius 1 is 1.30 bits per heavy atom. The highest BCUT2D eigenvalue weighted by Crippen LogP contribution is 2.18. The molecule has 1 unspecified atom stereocenters. The highest BCUT2D eigenvalue weighted by atomic mass is 16.3. The van der Waals surface area contributed by atoms with Crippen LogP contribution in [0.4, 0.5) is 5.69 Å². The molecule has 3 N–H and O–H groups in total. The molecule has 0 aliphatic heterocycles. The van der Waals surface area contributed by atoms with Crippen molar-refractivity contribution in [3.8, 4) is 0 Å². The van der Waals surface area contributed by atoms with E-state index in [0.29, 0.717) is 11.4 Å². The molecule has 1 atom stereocenters. The fraction of sp³-hybridized carbons (Fsp3) is 0.333. The molecule has 0 saturated heterocycles. The number of benzene rings is 1. The maximum atomic E-state index is 12.0. The predicted octanol–water partition coefficient (Wildman–Crippen LogP) is 2.05. The molecule has 20 heavy (non-hydrogen) atoms. The number of hydrogen-bond donors (Lipinski definition) is 3. The van der Waals surface area contributed by atoms with E-state index >= 15 is 0 Å². The van der Waals surface area contributed by atoms with Gasteiger partial charge in [0, 0.05) is 5.69 Å². The zero-order valence-electron chi connectivity index (χ0n) is 11.9. The maximum absolute atomic E-state index is 12.0. The van der Waals surface area contributed by atoms with Crippen LogP contribution in [0.5, 0.6) is 0 Å². The van der Waals surface area contributed by atoms with Gasteiger partial charge in [-0.3, -0.25) is 4.79 Å². The number of aliphatic hydroxyl groups is 1. The number of hydrogen-bond acceptors (Lipinski definition) is 4. The Morgan fingerprint density at radius 2 is 1.95 bits per heavy atom. The monoisotopic (exact) mass is 273 g/mol. The van der Waals surface area contributed by atoms with E-state index in [0.717, 1.165) is 16.9 Å². The Bertz CT molecular complexity index is 647. The van der Waals surface area contributed by atoms with Gasteiger partial charge in [-0.25, -0.2) is 4.98 Å². The first-order valence-electron chi connectivity index (χ1n) is 6.55. The topological polar surface area (TPSA) is 78.0 Å². The van der Waals surface area contributed by atoms with Crippen molar-refractivity contribution in [3.05, 3.63) is 57.3 Å². The van der Waals surface area contributed by atoms with Gasteiger partial charge in [0.15, 0.2) is 0 Å². The summed E-state index contributed by atoms with van der Waals surface area (Å²) in [5.74, 6) is 0.621. The average Bonchev–Trinajstić information content (AvgIpc) is 2.38. The van der Waals surface area contributed by atoms with Gasteiger partial charge in [-0.05, 0) is 38.5 Å². The van der Waals surface area contributed by atoms with Crippen LogP contribution >= 0.6 is 0 Å². The summed E-state index contributed by atoms with van der Waals surface area (Å²) in [5.41, 5.74) is 3.02. The summed E-state index contributed by atoms with van der Waals surface area (Å²) in [4.78, 5) is 19.0. The number of nitrogens with one attached hydrogen (secondary N) is 2. The first-order chi connectivity index (χ1) is 9.51. The number of aryl methyl sites for hydroxylation is 2. The summed E-state index contributed by atoms with van der Waals surface area (Å²) in [6, 6.07) is 7.31. The fourth-order valence-corrected chi connectivity index (χ4v) is 2.27. The van der Waals surface area contributed by atoms with Crippen LogP contribution in [0.25, 0.3) is 0 Å². The van der Waals surface area contributed by atoms with Crippen molar-refractivity contribution in [2.24, 2.45) is 0 Å².